The molecule has 0 heterocycles. The fourth-order valence-corrected chi connectivity index (χ4v) is 6.44. The zero-order chi connectivity index (χ0) is 32.6. The van der Waals surface area contributed by atoms with E-state index >= 15 is 0 Å². The van der Waals surface area contributed by atoms with Crippen LogP contribution in [0.25, 0.3) is 0 Å². The molecule has 236 valence electrons. The van der Waals surface area contributed by atoms with Crippen LogP contribution < -0.4 is 14.4 Å². The Labute approximate surface area is 266 Å². The van der Waals surface area contributed by atoms with E-state index in [4.69, 9.17) is 4.74 Å². The largest absolute Gasteiger partial charge is 0.495 e. The molecule has 1 atom stereocenters. The average molecular weight is 628 g/mol. The number of aryl methyl sites for hydroxylation is 2. The Hall–Kier alpha value is -4.63. The number of nitrogens with one attached hydrogen (secondary N) is 1. The van der Waals surface area contributed by atoms with E-state index < -0.39 is 28.5 Å². The molecule has 1 N–H and O–H groups in total. The maximum Gasteiger partial charge on any atom is 0.264 e. The summed E-state index contributed by atoms with van der Waals surface area (Å²) in [5.41, 5.74) is 3.86. The number of benzene rings is 4. The minimum absolute atomic E-state index is 0.0373. The van der Waals surface area contributed by atoms with Crippen molar-refractivity contribution < 1.29 is 22.7 Å². The summed E-state index contributed by atoms with van der Waals surface area (Å²) in [6.45, 7) is 7.12. The summed E-state index contributed by atoms with van der Waals surface area (Å²) in [6, 6.07) is 29.3. The van der Waals surface area contributed by atoms with E-state index in [0.29, 0.717) is 5.75 Å². The van der Waals surface area contributed by atoms with Crippen LogP contribution in [0.1, 0.15) is 36.1 Å². The number of carbonyl (C=O) groups excluding carboxylic acids is 2. The Morgan fingerprint density at radius 3 is 1.96 bits per heavy atom. The average Bonchev–Trinajstić information content (AvgIpc) is 3.02. The second-order valence-electron chi connectivity index (χ2n) is 11.4. The van der Waals surface area contributed by atoms with E-state index in [1.165, 1.54) is 24.1 Å². The molecule has 8 nitrogen and oxygen atoms in total. The fraction of sp³-hybridized carbons (Fsp3) is 0.278. The maximum absolute atomic E-state index is 14.6. The van der Waals surface area contributed by atoms with E-state index in [1.807, 2.05) is 82.3 Å². The molecule has 0 radical (unpaired) electrons. The van der Waals surface area contributed by atoms with Gasteiger partial charge < -0.3 is 15.0 Å². The number of hydrogen-bond acceptors (Lipinski definition) is 5. The van der Waals surface area contributed by atoms with Gasteiger partial charge in [-0.25, -0.2) is 8.42 Å². The van der Waals surface area contributed by atoms with Gasteiger partial charge in [0.05, 0.1) is 17.7 Å². The van der Waals surface area contributed by atoms with Crippen molar-refractivity contribution in [1.29, 1.82) is 0 Å². The molecule has 4 aromatic rings. The van der Waals surface area contributed by atoms with Crippen molar-refractivity contribution >= 4 is 27.5 Å². The minimum Gasteiger partial charge on any atom is -0.495 e. The van der Waals surface area contributed by atoms with Crippen LogP contribution >= 0.6 is 0 Å². The third kappa shape index (κ3) is 8.51. The Morgan fingerprint density at radius 1 is 0.778 bits per heavy atom. The van der Waals surface area contributed by atoms with Crippen molar-refractivity contribution in [3.05, 3.63) is 125 Å². The first-order chi connectivity index (χ1) is 21.5. The van der Waals surface area contributed by atoms with Crippen LogP contribution in [0.3, 0.4) is 0 Å². The zero-order valence-electron chi connectivity index (χ0n) is 26.4. The molecule has 45 heavy (non-hydrogen) atoms. The summed E-state index contributed by atoms with van der Waals surface area (Å²) >= 11 is 0. The number of anilines is 1. The molecule has 0 aromatic heterocycles. The topological polar surface area (TPSA) is 96.0 Å². The number of hydrogen-bond donors (Lipinski definition) is 1. The van der Waals surface area contributed by atoms with Crippen molar-refractivity contribution in [3.63, 3.8) is 0 Å². The maximum atomic E-state index is 14.6. The normalized spacial score (nSPS) is 12.0. The van der Waals surface area contributed by atoms with Crippen LogP contribution in [0.15, 0.2) is 108 Å². The molecular formula is C36H41N3O5S. The highest BCUT2D eigenvalue weighted by atomic mass is 32.2. The van der Waals surface area contributed by atoms with Crippen molar-refractivity contribution in [2.45, 2.75) is 57.6 Å². The molecule has 0 unspecified atom stereocenters. The summed E-state index contributed by atoms with van der Waals surface area (Å²) in [6.07, 6.45) is 0.246. The van der Waals surface area contributed by atoms with Gasteiger partial charge in [-0.15, -0.1) is 0 Å². The molecule has 0 spiro atoms. The summed E-state index contributed by atoms with van der Waals surface area (Å²) in [5, 5.41) is 2.97. The van der Waals surface area contributed by atoms with Crippen molar-refractivity contribution in [1.82, 2.24) is 10.2 Å². The second-order valence-corrected chi connectivity index (χ2v) is 13.2. The van der Waals surface area contributed by atoms with Crippen LogP contribution in [-0.2, 0) is 32.6 Å². The Kier molecular flexibility index (Phi) is 11.0. The molecule has 4 aromatic carbocycles. The van der Waals surface area contributed by atoms with E-state index in [0.717, 1.165) is 26.6 Å². The summed E-state index contributed by atoms with van der Waals surface area (Å²) in [4.78, 5) is 29.9. The molecule has 0 saturated heterocycles. The molecule has 0 aliphatic heterocycles. The van der Waals surface area contributed by atoms with Gasteiger partial charge in [-0.1, -0.05) is 90.0 Å². The van der Waals surface area contributed by atoms with Crippen molar-refractivity contribution in [2.75, 3.05) is 18.0 Å². The van der Waals surface area contributed by atoms with Gasteiger partial charge in [0.1, 0.15) is 18.3 Å². The molecule has 0 bridgehead atoms. The highest BCUT2D eigenvalue weighted by Gasteiger charge is 2.35. The van der Waals surface area contributed by atoms with Gasteiger partial charge in [-0.05, 0) is 63.1 Å². The number of sulfonamides is 1. The third-order valence-corrected chi connectivity index (χ3v) is 9.19. The van der Waals surface area contributed by atoms with Gasteiger partial charge >= 0.3 is 0 Å². The van der Waals surface area contributed by atoms with E-state index in [1.54, 1.807) is 36.4 Å². The predicted molar refractivity (Wildman–Crippen MR) is 178 cm³/mol. The van der Waals surface area contributed by atoms with Gasteiger partial charge in [0, 0.05) is 19.0 Å². The fourth-order valence-electron chi connectivity index (χ4n) is 5.01. The molecule has 9 heteroatoms. The van der Waals surface area contributed by atoms with Gasteiger partial charge in [-0.3, -0.25) is 13.9 Å². The lowest BCUT2D eigenvalue weighted by atomic mass is 10.0. The zero-order valence-corrected chi connectivity index (χ0v) is 27.3. The standard InChI is InChI=1S/C36H41N3O5S/c1-26(2)37-36(41)33(23-29-11-7-6-8-12-29)38(24-30-19-15-27(3)16-20-30)35(40)25-39(32-13-9-10-14-34(32)44-5)45(42,43)31-21-17-28(4)18-22-31/h6-22,26,33H,23-25H2,1-5H3,(H,37,41)/t33-/m1/s1. The smallest absolute Gasteiger partial charge is 0.264 e. The lowest BCUT2D eigenvalue weighted by Gasteiger charge is -2.34. The van der Waals surface area contributed by atoms with E-state index in [2.05, 4.69) is 5.32 Å². The summed E-state index contributed by atoms with van der Waals surface area (Å²) in [5.74, 6) is -0.555. The summed E-state index contributed by atoms with van der Waals surface area (Å²) < 4.78 is 35.1. The molecule has 4 rings (SSSR count). The first kappa shape index (κ1) is 33.3. The van der Waals surface area contributed by atoms with Crippen LogP contribution in [0.5, 0.6) is 5.75 Å². The first-order valence-corrected chi connectivity index (χ1v) is 16.4. The minimum atomic E-state index is -4.23. The molecule has 0 aliphatic rings. The van der Waals surface area contributed by atoms with Gasteiger partial charge in [0.2, 0.25) is 11.8 Å². The van der Waals surface area contributed by atoms with Crippen LogP contribution in [-0.4, -0.2) is 50.9 Å². The highest BCUT2D eigenvalue weighted by Crippen LogP contribution is 2.32. The Morgan fingerprint density at radius 2 is 1.36 bits per heavy atom. The number of methoxy groups -OCH3 is 1. The van der Waals surface area contributed by atoms with Gasteiger partial charge in [0.25, 0.3) is 10.0 Å². The quantitative estimate of drug-likeness (QED) is 0.206. The van der Waals surface area contributed by atoms with Gasteiger partial charge in [-0.2, -0.15) is 0 Å². The lowest BCUT2D eigenvalue weighted by molar-refractivity contribution is -0.140. The highest BCUT2D eigenvalue weighted by molar-refractivity contribution is 7.92. The van der Waals surface area contributed by atoms with Crippen LogP contribution in [0, 0.1) is 13.8 Å². The van der Waals surface area contributed by atoms with Crippen molar-refractivity contribution in [2.24, 2.45) is 0 Å². The van der Waals surface area contributed by atoms with Crippen LogP contribution in [0.2, 0.25) is 0 Å². The molecule has 2 amide bonds. The Bertz CT molecular complexity index is 1690. The van der Waals surface area contributed by atoms with Gasteiger partial charge in [0.15, 0.2) is 0 Å². The third-order valence-electron chi connectivity index (χ3n) is 7.42. The number of amides is 2. The monoisotopic (exact) mass is 627 g/mol. The number of carbonyl (C=O) groups is 2. The van der Waals surface area contributed by atoms with E-state index in [9.17, 15) is 18.0 Å². The number of ether oxygens (including phenoxy) is 1. The van der Waals surface area contributed by atoms with Crippen molar-refractivity contribution in [3.8, 4) is 5.75 Å². The predicted octanol–water partition coefficient (Wildman–Crippen LogP) is 5.67. The van der Waals surface area contributed by atoms with Crippen LogP contribution in [0.4, 0.5) is 5.69 Å². The molecule has 0 aliphatic carbocycles. The Balaban J connectivity index is 1.83. The number of para-hydroxylation sites is 2. The lowest BCUT2D eigenvalue weighted by Crippen LogP contribution is -2.54. The number of rotatable bonds is 13. The SMILES string of the molecule is COc1ccccc1N(CC(=O)N(Cc1ccc(C)cc1)[C@H](Cc1ccccc1)C(=O)NC(C)C)S(=O)(=O)c1ccc(C)cc1. The van der Waals surface area contributed by atoms with E-state index in [-0.39, 0.29) is 35.5 Å². The summed E-state index contributed by atoms with van der Waals surface area (Å²) in [7, 11) is -2.78. The number of nitrogens with zero attached hydrogens (tertiary/aromatic N) is 2. The second kappa shape index (κ2) is 14.9. The molecule has 0 fully saturated rings. The molecule has 0 saturated carbocycles. The first-order valence-electron chi connectivity index (χ1n) is 14.9. The molecular weight excluding hydrogens is 586 g/mol.